The molecule has 2 nitrogen and oxygen atoms in total. The van der Waals surface area contributed by atoms with E-state index in [0.717, 1.165) is 5.36 Å². The van der Waals surface area contributed by atoms with Gasteiger partial charge in [0.15, 0.2) is 0 Å². The standard InChI is InChI=1S/C24H18N2P/c25-26-21-12-6-4-10-17(21)19-14-20-18-11-5-7-13-23(18)27(24(20)15-22(19)26)16-8-2-1-3-9-16/h1-15,21H,25H2/q+1. The highest BCUT2D eigenvalue weighted by molar-refractivity contribution is 7.67. The number of hydrogen-bond acceptors (Lipinski definition) is 1. The van der Waals surface area contributed by atoms with Crippen LogP contribution in [0.4, 0.5) is 0 Å². The average Bonchev–Trinajstić information content (AvgIpc) is 3.20. The molecule has 0 saturated carbocycles. The van der Waals surface area contributed by atoms with Crippen LogP contribution in [0.3, 0.4) is 0 Å². The van der Waals surface area contributed by atoms with Gasteiger partial charge in [-0.05, 0) is 28.2 Å². The van der Waals surface area contributed by atoms with Crippen molar-refractivity contribution in [1.82, 2.24) is 4.68 Å². The topological polar surface area (TPSA) is 29.0 Å². The van der Waals surface area contributed by atoms with E-state index in [1.54, 1.807) is 0 Å². The Morgan fingerprint density at radius 1 is 0.815 bits per heavy atom. The first kappa shape index (κ1) is 15.0. The number of fused-ring (bicyclic) bond motifs is 5. The third-order valence-electron chi connectivity index (χ3n) is 5.69. The quantitative estimate of drug-likeness (QED) is 0.401. The maximum Gasteiger partial charge on any atom is 0.238 e. The van der Waals surface area contributed by atoms with Gasteiger partial charge in [0.1, 0.15) is 0 Å². The Bertz CT molecular complexity index is 1420. The maximum atomic E-state index is 6.52. The molecule has 2 N–H and O–H groups in total. The van der Waals surface area contributed by atoms with Crippen LogP contribution >= 0.6 is 7.53 Å². The zero-order valence-corrected chi connectivity index (χ0v) is 15.6. The maximum absolute atomic E-state index is 6.52. The van der Waals surface area contributed by atoms with Crippen LogP contribution < -0.4 is 21.1 Å². The molecule has 4 aromatic rings. The molecule has 27 heavy (non-hydrogen) atoms. The van der Waals surface area contributed by atoms with E-state index in [1.807, 2.05) is 4.68 Å². The van der Waals surface area contributed by atoms with Gasteiger partial charge in [0.05, 0.1) is 5.22 Å². The van der Waals surface area contributed by atoms with Gasteiger partial charge in [0.25, 0.3) is 0 Å². The number of hydrazine groups is 1. The van der Waals surface area contributed by atoms with Gasteiger partial charge in [0, 0.05) is 21.9 Å². The van der Waals surface area contributed by atoms with E-state index in [-0.39, 0.29) is 6.04 Å². The molecule has 2 aliphatic rings. The van der Waals surface area contributed by atoms with Crippen molar-refractivity contribution in [2.75, 3.05) is 0 Å². The van der Waals surface area contributed by atoms with Crippen molar-refractivity contribution < 1.29 is 0 Å². The van der Waals surface area contributed by atoms with Crippen molar-refractivity contribution in [1.29, 1.82) is 0 Å². The first-order valence-electron chi connectivity index (χ1n) is 9.21. The zero-order chi connectivity index (χ0) is 18.0. The van der Waals surface area contributed by atoms with Crippen LogP contribution in [0.1, 0.15) is 0 Å². The highest BCUT2D eigenvalue weighted by Crippen LogP contribution is 2.54. The molecule has 0 fully saturated rings. The molecule has 1 aliphatic heterocycles. The van der Waals surface area contributed by atoms with E-state index in [9.17, 15) is 0 Å². The Morgan fingerprint density at radius 3 is 2.52 bits per heavy atom. The minimum Gasteiger partial charge on any atom is -0.209 e. The Morgan fingerprint density at radius 2 is 1.63 bits per heavy atom. The first-order chi connectivity index (χ1) is 13.3. The van der Waals surface area contributed by atoms with E-state index in [4.69, 9.17) is 5.84 Å². The second kappa shape index (κ2) is 5.45. The normalized spacial score (nSPS) is 18.4. The molecule has 2 atom stereocenters. The largest absolute Gasteiger partial charge is 0.238 e. The summed E-state index contributed by atoms with van der Waals surface area (Å²) < 4.78 is 1.92. The van der Waals surface area contributed by atoms with Crippen LogP contribution in [0.25, 0.3) is 31.9 Å². The number of nitrogens with two attached hydrogens (primary N) is 1. The van der Waals surface area contributed by atoms with Crippen molar-refractivity contribution in [3.63, 3.8) is 0 Å². The van der Waals surface area contributed by atoms with Gasteiger partial charge in [-0.2, -0.15) is 0 Å². The van der Waals surface area contributed by atoms with Crippen LogP contribution in [0, 0.1) is 0 Å². The lowest BCUT2D eigenvalue weighted by molar-refractivity contribution is 0.611. The molecule has 0 saturated heterocycles. The molecule has 3 aromatic carbocycles. The Hall–Kier alpha value is -3.09. The second-order valence-corrected chi connectivity index (χ2v) is 9.28. The van der Waals surface area contributed by atoms with Crippen molar-refractivity contribution in [2.45, 2.75) is 6.04 Å². The van der Waals surface area contributed by atoms with Crippen LogP contribution in [-0.2, 0) is 0 Å². The number of hydrogen-bond donors (Lipinski definition) is 1. The number of nitrogens with zero attached hydrogens (tertiary/aromatic N) is 1. The summed E-state index contributed by atoms with van der Waals surface area (Å²) in [6, 6.07) is 24.6. The zero-order valence-electron chi connectivity index (χ0n) is 14.7. The molecular formula is C24H18N2P+. The summed E-state index contributed by atoms with van der Waals surface area (Å²) in [7, 11) is -0.546. The molecule has 2 heterocycles. The summed E-state index contributed by atoms with van der Waals surface area (Å²) in [5, 5.41) is 9.39. The van der Waals surface area contributed by atoms with E-state index in [2.05, 4.69) is 91.0 Å². The third-order valence-corrected chi connectivity index (χ3v) is 8.23. The second-order valence-electron chi connectivity index (χ2n) is 7.13. The summed E-state index contributed by atoms with van der Waals surface area (Å²) in [6.07, 6.45) is 8.56. The molecule has 1 aliphatic carbocycles. The third kappa shape index (κ3) is 1.99. The van der Waals surface area contributed by atoms with Crippen LogP contribution in [0.5, 0.6) is 0 Å². The molecule has 0 spiro atoms. The van der Waals surface area contributed by atoms with Gasteiger partial charge in [-0.15, -0.1) is 4.68 Å². The molecule has 0 amide bonds. The van der Waals surface area contributed by atoms with Gasteiger partial charge < -0.3 is 0 Å². The minimum absolute atomic E-state index is 0.144. The van der Waals surface area contributed by atoms with Crippen LogP contribution in [0.2, 0.25) is 0 Å². The number of rotatable bonds is 1. The van der Waals surface area contributed by atoms with Gasteiger partial charge in [-0.3, -0.25) is 0 Å². The average molecular weight is 365 g/mol. The summed E-state index contributed by atoms with van der Waals surface area (Å²) in [5.74, 6) is 6.52. The summed E-state index contributed by atoms with van der Waals surface area (Å²) in [5.41, 5.74) is 1.30. The highest BCUT2D eigenvalue weighted by Gasteiger charge is 2.30. The molecule has 128 valence electrons. The lowest BCUT2D eigenvalue weighted by atomic mass is 10.0. The van der Waals surface area contributed by atoms with Gasteiger partial charge in [-0.25, -0.2) is 5.84 Å². The molecule has 0 radical (unpaired) electrons. The summed E-state index contributed by atoms with van der Waals surface area (Å²) in [6.45, 7) is 0. The predicted molar refractivity (Wildman–Crippen MR) is 116 cm³/mol. The van der Waals surface area contributed by atoms with Gasteiger partial charge >= 0.3 is 0 Å². The van der Waals surface area contributed by atoms with Crippen LogP contribution in [0.15, 0.2) is 91.0 Å². The smallest absolute Gasteiger partial charge is 0.209 e. The Labute approximate surface area is 157 Å². The van der Waals surface area contributed by atoms with Crippen LogP contribution in [-0.4, -0.2) is 6.04 Å². The molecule has 6 rings (SSSR count). The van der Waals surface area contributed by atoms with Crippen molar-refractivity contribution in [3.05, 3.63) is 102 Å². The number of allylic oxidation sites excluding steroid dienone is 2. The van der Waals surface area contributed by atoms with E-state index in [1.165, 1.54) is 37.1 Å². The SMILES string of the molecule is N[N+]1=c2cc3c(cc2=C2C=CC=CC21)c1ccccc1p3-c1ccccc1. The number of benzene rings is 3. The van der Waals surface area contributed by atoms with Crippen molar-refractivity contribution in [2.24, 2.45) is 5.84 Å². The van der Waals surface area contributed by atoms with E-state index >= 15 is 0 Å². The highest BCUT2D eigenvalue weighted by atomic mass is 31.1. The Kier molecular flexibility index (Phi) is 3.03. The lowest BCUT2D eigenvalue weighted by Crippen LogP contribution is -2.42. The molecule has 3 heteroatoms. The Balaban J connectivity index is 1.84. The van der Waals surface area contributed by atoms with Gasteiger partial charge in [-0.1, -0.05) is 80.4 Å². The van der Waals surface area contributed by atoms with Crippen molar-refractivity contribution >= 4 is 34.1 Å². The molecular weight excluding hydrogens is 347 g/mol. The molecule has 2 unspecified atom stereocenters. The first-order valence-corrected chi connectivity index (χ1v) is 10.6. The fourth-order valence-corrected chi connectivity index (χ4v) is 7.11. The lowest BCUT2D eigenvalue weighted by Gasteiger charge is -2.05. The fourth-order valence-electron chi connectivity index (χ4n) is 4.48. The summed E-state index contributed by atoms with van der Waals surface area (Å²) >= 11 is 0. The van der Waals surface area contributed by atoms with Gasteiger partial charge in [0.2, 0.25) is 11.4 Å². The van der Waals surface area contributed by atoms with Crippen molar-refractivity contribution in [3.8, 4) is 5.30 Å². The molecule has 1 aromatic heterocycles. The monoisotopic (exact) mass is 365 g/mol. The van der Waals surface area contributed by atoms with E-state index < -0.39 is 7.53 Å². The predicted octanol–water partition coefficient (Wildman–Crippen LogP) is 3.99. The summed E-state index contributed by atoms with van der Waals surface area (Å²) in [4.78, 5) is 0. The van der Waals surface area contributed by atoms with E-state index in [0.29, 0.717) is 0 Å². The fraction of sp³-hybridized carbons (Fsp3) is 0.0417. The molecule has 0 bridgehead atoms. The minimum atomic E-state index is -0.546.